The van der Waals surface area contributed by atoms with Crippen molar-refractivity contribution in [2.75, 3.05) is 4.72 Å². The maximum atomic E-state index is 13.4. The first kappa shape index (κ1) is 13.9. The second-order valence-electron chi connectivity index (χ2n) is 3.66. The maximum absolute atomic E-state index is 13.4. The van der Waals surface area contributed by atoms with Crippen LogP contribution in [0.5, 0.6) is 0 Å². The smallest absolute Gasteiger partial charge is 0.276 e. The van der Waals surface area contributed by atoms with Gasteiger partial charge in [-0.25, -0.2) is 14.4 Å². The predicted octanol–water partition coefficient (Wildman–Crippen LogP) is 2.49. The molecule has 0 aromatic carbocycles. The van der Waals surface area contributed by atoms with E-state index in [2.05, 4.69) is 30.6 Å². The van der Waals surface area contributed by atoms with Gasteiger partial charge >= 0.3 is 0 Å². The number of pyridine rings is 2. The second-order valence-corrected chi connectivity index (χ2v) is 6.07. The summed E-state index contributed by atoms with van der Waals surface area (Å²) in [5.41, 5.74) is 0.738. The molecule has 0 radical (unpaired) electrons. The van der Waals surface area contributed by atoms with Crippen molar-refractivity contribution in [1.82, 2.24) is 9.97 Å². The monoisotopic (exact) mass is 345 g/mol. The van der Waals surface area contributed by atoms with E-state index in [-0.39, 0.29) is 5.69 Å². The minimum absolute atomic E-state index is 0.272. The van der Waals surface area contributed by atoms with Crippen molar-refractivity contribution in [3.05, 3.63) is 46.6 Å². The number of hydrogen-bond donors (Lipinski definition) is 1. The number of aromatic nitrogens is 2. The fraction of sp³-hybridized carbons (Fsp3) is 0.0909. The Kier molecular flexibility index (Phi) is 3.81. The third-order valence-corrected chi connectivity index (χ3v) is 4.02. The van der Waals surface area contributed by atoms with E-state index in [0.717, 1.165) is 6.07 Å². The lowest BCUT2D eigenvalue weighted by Crippen LogP contribution is -2.17. The third-order valence-electron chi connectivity index (χ3n) is 2.28. The highest BCUT2D eigenvalue weighted by Crippen LogP contribution is 2.20. The molecule has 0 amide bonds. The van der Waals surface area contributed by atoms with Gasteiger partial charge in [-0.05, 0) is 47.1 Å². The number of nitrogens with one attached hydrogen (secondary N) is 1. The second kappa shape index (κ2) is 5.22. The van der Waals surface area contributed by atoms with Crippen LogP contribution in [0.2, 0.25) is 0 Å². The zero-order valence-electron chi connectivity index (χ0n) is 9.76. The van der Waals surface area contributed by atoms with E-state index in [1.165, 1.54) is 18.3 Å². The van der Waals surface area contributed by atoms with E-state index in [1.807, 2.05) is 0 Å². The number of halogens is 2. The van der Waals surface area contributed by atoms with Gasteiger partial charge in [0.1, 0.15) is 4.60 Å². The van der Waals surface area contributed by atoms with Crippen molar-refractivity contribution < 1.29 is 12.8 Å². The van der Waals surface area contributed by atoms with E-state index in [9.17, 15) is 12.8 Å². The third kappa shape index (κ3) is 3.07. The van der Waals surface area contributed by atoms with Crippen molar-refractivity contribution in [3.8, 4) is 0 Å². The van der Waals surface area contributed by atoms with Gasteiger partial charge < -0.3 is 0 Å². The average molecular weight is 346 g/mol. The summed E-state index contributed by atoms with van der Waals surface area (Å²) in [5.74, 6) is -0.905. The molecule has 0 saturated carbocycles. The van der Waals surface area contributed by atoms with Gasteiger partial charge in [0.25, 0.3) is 10.0 Å². The molecule has 5 nitrogen and oxygen atoms in total. The van der Waals surface area contributed by atoms with Crippen molar-refractivity contribution in [2.45, 2.75) is 11.9 Å². The molecule has 0 aliphatic heterocycles. The van der Waals surface area contributed by atoms with Crippen LogP contribution in [0, 0.1) is 12.7 Å². The number of rotatable bonds is 3. The summed E-state index contributed by atoms with van der Waals surface area (Å²) in [6, 6.07) is 5.47. The minimum Gasteiger partial charge on any atom is -0.276 e. The summed E-state index contributed by atoms with van der Waals surface area (Å²) in [4.78, 5) is 7.59. The first-order valence-corrected chi connectivity index (χ1v) is 7.44. The quantitative estimate of drug-likeness (QED) is 0.867. The number of hydrogen-bond acceptors (Lipinski definition) is 4. The molecule has 2 aromatic rings. The number of anilines is 1. The van der Waals surface area contributed by atoms with Gasteiger partial charge in [0.2, 0.25) is 5.03 Å². The van der Waals surface area contributed by atoms with Gasteiger partial charge in [-0.1, -0.05) is 0 Å². The predicted molar refractivity (Wildman–Crippen MR) is 71.7 cm³/mol. The summed E-state index contributed by atoms with van der Waals surface area (Å²) in [7, 11) is -4.07. The molecule has 0 bridgehead atoms. The fourth-order valence-corrected chi connectivity index (χ4v) is 2.92. The van der Waals surface area contributed by atoms with Crippen molar-refractivity contribution in [2.24, 2.45) is 0 Å². The standard InChI is InChI=1S/C11H9BrFN3O2S/c1-7-9(4-5-10(12)15-7)16-19(17,18)11-8(13)3-2-6-14-11/h2-6,16H,1H3. The number of aryl methyl sites for hydroxylation is 1. The zero-order valence-corrected chi connectivity index (χ0v) is 12.2. The molecule has 100 valence electrons. The topological polar surface area (TPSA) is 72.0 Å². The summed E-state index contributed by atoms with van der Waals surface area (Å²) in [6.45, 7) is 1.64. The molecule has 0 saturated heterocycles. The minimum atomic E-state index is -4.07. The molecule has 1 N–H and O–H groups in total. The van der Waals surface area contributed by atoms with E-state index in [4.69, 9.17) is 0 Å². The Morgan fingerprint density at radius 1 is 1.32 bits per heavy atom. The van der Waals surface area contributed by atoms with Crippen LogP contribution in [0.3, 0.4) is 0 Å². The van der Waals surface area contributed by atoms with Crippen LogP contribution in [-0.2, 0) is 10.0 Å². The van der Waals surface area contributed by atoms with Gasteiger partial charge in [-0.2, -0.15) is 8.42 Å². The molecule has 2 heterocycles. The van der Waals surface area contributed by atoms with E-state index < -0.39 is 20.9 Å². The highest BCUT2D eigenvalue weighted by molar-refractivity contribution is 9.10. The summed E-state index contributed by atoms with van der Waals surface area (Å²) < 4.78 is 40.3. The molecule has 0 spiro atoms. The molecule has 2 rings (SSSR count). The maximum Gasteiger partial charge on any atom is 0.282 e. The molecule has 19 heavy (non-hydrogen) atoms. The van der Waals surface area contributed by atoms with Crippen LogP contribution in [0.15, 0.2) is 40.1 Å². The lowest BCUT2D eigenvalue weighted by atomic mass is 10.3. The normalized spacial score (nSPS) is 11.3. The van der Waals surface area contributed by atoms with Gasteiger partial charge in [0.05, 0.1) is 11.4 Å². The Balaban J connectivity index is 2.40. The first-order chi connectivity index (χ1) is 8.90. The Labute approximate surface area is 118 Å². The summed E-state index contributed by atoms with van der Waals surface area (Å²) in [6.07, 6.45) is 1.21. The van der Waals surface area contributed by atoms with Gasteiger partial charge in [0.15, 0.2) is 5.82 Å². The zero-order chi connectivity index (χ0) is 14.0. The molecular weight excluding hydrogens is 337 g/mol. The molecule has 2 aromatic heterocycles. The van der Waals surface area contributed by atoms with Crippen molar-refractivity contribution in [1.29, 1.82) is 0 Å². The van der Waals surface area contributed by atoms with Gasteiger partial charge in [-0.15, -0.1) is 0 Å². The van der Waals surface area contributed by atoms with Crippen LogP contribution in [-0.4, -0.2) is 18.4 Å². The molecule has 0 unspecified atom stereocenters. The summed E-state index contributed by atoms with van der Waals surface area (Å²) in [5, 5.41) is -0.641. The fourth-order valence-electron chi connectivity index (χ4n) is 1.40. The van der Waals surface area contributed by atoms with Crippen LogP contribution in [0.1, 0.15) is 5.69 Å². The lowest BCUT2D eigenvalue weighted by Gasteiger charge is -2.09. The molecule has 0 aliphatic carbocycles. The van der Waals surface area contributed by atoms with Gasteiger partial charge in [-0.3, -0.25) is 4.72 Å². The van der Waals surface area contributed by atoms with Crippen LogP contribution in [0.4, 0.5) is 10.1 Å². The van der Waals surface area contributed by atoms with Crippen LogP contribution in [0.25, 0.3) is 0 Å². The highest BCUT2D eigenvalue weighted by atomic mass is 79.9. The van der Waals surface area contributed by atoms with E-state index in [1.54, 1.807) is 13.0 Å². The Morgan fingerprint density at radius 2 is 2.05 bits per heavy atom. The van der Waals surface area contributed by atoms with Gasteiger partial charge in [0, 0.05) is 6.20 Å². The van der Waals surface area contributed by atoms with Crippen LogP contribution >= 0.6 is 15.9 Å². The Morgan fingerprint density at radius 3 is 2.68 bits per heavy atom. The Bertz CT molecular complexity index is 722. The lowest BCUT2D eigenvalue weighted by molar-refractivity contribution is 0.556. The van der Waals surface area contributed by atoms with E-state index in [0.29, 0.717) is 10.3 Å². The SMILES string of the molecule is Cc1nc(Br)ccc1NS(=O)(=O)c1ncccc1F. The molecule has 8 heteroatoms. The largest absolute Gasteiger partial charge is 0.282 e. The molecule has 0 atom stereocenters. The summed E-state index contributed by atoms with van der Waals surface area (Å²) >= 11 is 3.17. The average Bonchev–Trinajstić information content (AvgIpc) is 2.33. The first-order valence-electron chi connectivity index (χ1n) is 5.16. The number of nitrogens with zero attached hydrogens (tertiary/aromatic N) is 2. The van der Waals surface area contributed by atoms with Crippen molar-refractivity contribution >= 4 is 31.6 Å². The van der Waals surface area contributed by atoms with Crippen molar-refractivity contribution in [3.63, 3.8) is 0 Å². The molecule has 0 fully saturated rings. The Hall–Kier alpha value is -1.54. The molecule has 0 aliphatic rings. The van der Waals surface area contributed by atoms with Crippen LogP contribution < -0.4 is 4.72 Å². The molecular formula is C11H9BrFN3O2S. The highest BCUT2D eigenvalue weighted by Gasteiger charge is 2.21. The number of sulfonamides is 1. The van der Waals surface area contributed by atoms with E-state index >= 15 is 0 Å².